The minimum atomic E-state index is -1.05. The second-order valence-electron chi connectivity index (χ2n) is 3.71. The van der Waals surface area contributed by atoms with Crippen molar-refractivity contribution in [3.8, 4) is 0 Å². The third-order valence-corrected chi connectivity index (χ3v) is 3.63. The van der Waals surface area contributed by atoms with Gasteiger partial charge >= 0.3 is 5.97 Å². The SMILES string of the molecule is CC1=CC(=O)N(c2cc(C)c(C(=O)O)s2)C1=O. The van der Waals surface area contributed by atoms with Gasteiger partial charge in [-0.2, -0.15) is 0 Å². The molecule has 1 N–H and O–H groups in total. The number of carboxylic acids is 1. The fourth-order valence-corrected chi connectivity index (χ4v) is 2.60. The molecule has 1 aromatic rings. The molecule has 2 heterocycles. The van der Waals surface area contributed by atoms with Crippen LogP contribution in [0.15, 0.2) is 17.7 Å². The number of rotatable bonds is 2. The van der Waals surface area contributed by atoms with Crippen LogP contribution < -0.4 is 4.90 Å². The maximum absolute atomic E-state index is 11.7. The zero-order chi connectivity index (χ0) is 12.7. The summed E-state index contributed by atoms with van der Waals surface area (Å²) in [4.78, 5) is 35.3. The summed E-state index contributed by atoms with van der Waals surface area (Å²) < 4.78 is 0. The van der Waals surface area contributed by atoms with Crippen LogP contribution in [0.3, 0.4) is 0 Å². The van der Waals surface area contributed by atoms with Gasteiger partial charge in [0.05, 0.1) is 0 Å². The fourth-order valence-electron chi connectivity index (χ4n) is 1.58. The van der Waals surface area contributed by atoms with Crippen molar-refractivity contribution in [2.24, 2.45) is 0 Å². The van der Waals surface area contributed by atoms with Crippen molar-refractivity contribution in [3.05, 3.63) is 28.2 Å². The fraction of sp³-hybridized carbons (Fsp3) is 0.182. The van der Waals surface area contributed by atoms with Crippen LogP contribution >= 0.6 is 11.3 Å². The first kappa shape index (κ1) is 11.5. The van der Waals surface area contributed by atoms with Gasteiger partial charge in [-0.15, -0.1) is 11.3 Å². The van der Waals surface area contributed by atoms with Gasteiger partial charge in [-0.05, 0) is 25.5 Å². The molecule has 0 spiro atoms. The third kappa shape index (κ3) is 1.76. The van der Waals surface area contributed by atoms with Gasteiger partial charge in [0.25, 0.3) is 11.8 Å². The van der Waals surface area contributed by atoms with Gasteiger partial charge in [-0.3, -0.25) is 9.59 Å². The monoisotopic (exact) mass is 251 g/mol. The largest absolute Gasteiger partial charge is 0.477 e. The predicted octanol–water partition coefficient (Wildman–Crippen LogP) is 1.57. The standard InChI is InChI=1S/C11H9NO4S/c1-5-4-8(17-9(5)11(15)16)12-7(13)3-6(2)10(12)14/h3-4H,1-2H3,(H,15,16). The summed E-state index contributed by atoms with van der Waals surface area (Å²) >= 11 is 0.926. The van der Waals surface area contributed by atoms with E-state index in [4.69, 9.17) is 5.11 Å². The second-order valence-corrected chi connectivity index (χ2v) is 4.74. The first-order chi connectivity index (χ1) is 7.91. The van der Waals surface area contributed by atoms with Gasteiger partial charge in [-0.1, -0.05) is 0 Å². The zero-order valence-electron chi connectivity index (χ0n) is 9.18. The van der Waals surface area contributed by atoms with Crippen LogP contribution in [0, 0.1) is 6.92 Å². The van der Waals surface area contributed by atoms with Crippen LogP contribution in [-0.4, -0.2) is 22.9 Å². The molecule has 88 valence electrons. The van der Waals surface area contributed by atoms with Crippen molar-refractivity contribution in [1.82, 2.24) is 0 Å². The number of nitrogens with zero attached hydrogens (tertiary/aromatic N) is 1. The van der Waals surface area contributed by atoms with E-state index in [-0.39, 0.29) is 4.88 Å². The predicted molar refractivity (Wildman–Crippen MR) is 62.3 cm³/mol. The Kier molecular flexibility index (Phi) is 2.59. The molecule has 0 fully saturated rings. The van der Waals surface area contributed by atoms with Gasteiger partial charge in [-0.25, -0.2) is 9.69 Å². The van der Waals surface area contributed by atoms with E-state index in [1.54, 1.807) is 13.8 Å². The molecule has 6 heteroatoms. The number of hydrogen-bond acceptors (Lipinski definition) is 4. The maximum Gasteiger partial charge on any atom is 0.346 e. The lowest BCUT2D eigenvalue weighted by Gasteiger charge is -2.10. The van der Waals surface area contributed by atoms with Crippen molar-refractivity contribution in [2.75, 3.05) is 4.90 Å². The molecule has 0 aromatic carbocycles. The quantitative estimate of drug-likeness (QED) is 0.810. The van der Waals surface area contributed by atoms with Gasteiger partial charge in [0, 0.05) is 11.6 Å². The van der Waals surface area contributed by atoms with Crippen LogP contribution in [0.25, 0.3) is 0 Å². The highest BCUT2D eigenvalue weighted by Gasteiger charge is 2.31. The van der Waals surface area contributed by atoms with Crippen molar-refractivity contribution in [2.45, 2.75) is 13.8 Å². The molecular formula is C11H9NO4S. The van der Waals surface area contributed by atoms with Crippen LogP contribution in [-0.2, 0) is 9.59 Å². The summed E-state index contributed by atoms with van der Waals surface area (Å²) in [5.41, 5.74) is 0.903. The van der Waals surface area contributed by atoms with Gasteiger partial charge in [0.1, 0.15) is 9.88 Å². The normalized spacial score (nSPS) is 15.4. The van der Waals surface area contributed by atoms with E-state index in [0.717, 1.165) is 16.2 Å². The molecule has 1 aliphatic heterocycles. The first-order valence-electron chi connectivity index (χ1n) is 4.82. The minimum absolute atomic E-state index is 0.144. The molecule has 1 aromatic heterocycles. The smallest absolute Gasteiger partial charge is 0.346 e. The first-order valence-corrected chi connectivity index (χ1v) is 5.64. The molecule has 0 saturated heterocycles. The number of aryl methyl sites for hydroxylation is 1. The Hall–Kier alpha value is -1.95. The van der Waals surface area contributed by atoms with Crippen molar-refractivity contribution < 1.29 is 19.5 Å². The Morgan fingerprint density at radius 3 is 2.41 bits per heavy atom. The van der Waals surface area contributed by atoms with Gasteiger partial charge < -0.3 is 5.11 Å². The van der Waals surface area contributed by atoms with E-state index >= 15 is 0 Å². The third-order valence-electron chi connectivity index (χ3n) is 2.42. The molecular weight excluding hydrogens is 242 g/mol. The number of imide groups is 1. The summed E-state index contributed by atoms with van der Waals surface area (Å²) in [7, 11) is 0. The molecule has 5 nitrogen and oxygen atoms in total. The molecule has 2 rings (SSSR count). The van der Waals surface area contributed by atoms with E-state index in [1.807, 2.05) is 0 Å². The van der Waals surface area contributed by atoms with E-state index in [2.05, 4.69) is 0 Å². The topological polar surface area (TPSA) is 74.7 Å². The number of hydrogen-bond donors (Lipinski definition) is 1. The molecule has 17 heavy (non-hydrogen) atoms. The van der Waals surface area contributed by atoms with Crippen LogP contribution in [0.1, 0.15) is 22.2 Å². The number of carboxylic acid groups (broad SMARTS) is 1. The highest BCUT2D eigenvalue weighted by molar-refractivity contribution is 7.18. The lowest BCUT2D eigenvalue weighted by Crippen LogP contribution is -2.29. The number of aromatic carboxylic acids is 1. The number of thiophene rings is 1. The minimum Gasteiger partial charge on any atom is -0.477 e. The molecule has 1 aliphatic rings. The van der Waals surface area contributed by atoms with Crippen LogP contribution in [0.5, 0.6) is 0 Å². The lowest BCUT2D eigenvalue weighted by atomic mass is 10.3. The second kappa shape index (κ2) is 3.81. The summed E-state index contributed by atoms with van der Waals surface area (Å²) in [5, 5.41) is 9.26. The van der Waals surface area contributed by atoms with Crippen LogP contribution in [0.4, 0.5) is 5.00 Å². The number of anilines is 1. The Morgan fingerprint density at radius 2 is 2.00 bits per heavy atom. The van der Waals surface area contributed by atoms with Crippen molar-refractivity contribution >= 4 is 34.1 Å². The molecule has 0 atom stereocenters. The Bertz CT molecular complexity index is 570. The molecule has 0 unspecified atom stereocenters. The lowest BCUT2D eigenvalue weighted by molar-refractivity contribution is -0.120. The summed E-state index contributed by atoms with van der Waals surface area (Å²) in [5.74, 6) is -1.87. The number of carbonyl (C=O) groups excluding carboxylic acids is 2. The van der Waals surface area contributed by atoms with Crippen molar-refractivity contribution in [3.63, 3.8) is 0 Å². The van der Waals surface area contributed by atoms with E-state index in [0.29, 0.717) is 16.1 Å². The van der Waals surface area contributed by atoms with Crippen molar-refractivity contribution in [1.29, 1.82) is 0 Å². The highest BCUT2D eigenvalue weighted by Crippen LogP contribution is 2.32. The zero-order valence-corrected chi connectivity index (χ0v) is 10.00. The molecule has 0 saturated carbocycles. The Morgan fingerprint density at radius 1 is 1.35 bits per heavy atom. The van der Waals surface area contributed by atoms with E-state index < -0.39 is 17.8 Å². The average Bonchev–Trinajstić information content (AvgIpc) is 2.70. The summed E-state index contributed by atoms with van der Waals surface area (Å²) in [6.45, 7) is 3.19. The molecule has 0 radical (unpaired) electrons. The van der Waals surface area contributed by atoms with E-state index in [1.165, 1.54) is 12.1 Å². The number of carbonyl (C=O) groups is 3. The Labute approximate surface area is 101 Å². The summed E-state index contributed by atoms with van der Waals surface area (Å²) in [6, 6.07) is 1.54. The average molecular weight is 251 g/mol. The summed E-state index contributed by atoms with van der Waals surface area (Å²) in [6.07, 6.45) is 1.25. The van der Waals surface area contributed by atoms with Gasteiger partial charge in [0.15, 0.2) is 0 Å². The van der Waals surface area contributed by atoms with Gasteiger partial charge in [0.2, 0.25) is 0 Å². The Balaban J connectivity index is 2.43. The van der Waals surface area contributed by atoms with Crippen LogP contribution in [0.2, 0.25) is 0 Å². The highest BCUT2D eigenvalue weighted by atomic mass is 32.1. The molecule has 0 aliphatic carbocycles. The van der Waals surface area contributed by atoms with E-state index in [9.17, 15) is 14.4 Å². The number of amides is 2. The maximum atomic E-state index is 11.7. The molecule has 0 bridgehead atoms. The molecule has 2 amide bonds.